The van der Waals surface area contributed by atoms with Crippen molar-refractivity contribution in [1.29, 1.82) is 0 Å². The average molecular weight is 635 g/mol. The van der Waals surface area contributed by atoms with Crippen LogP contribution < -0.4 is 9.46 Å². The predicted octanol–water partition coefficient (Wildman–Crippen LogP) is 7.10. The molecular formula is C29H22F4N2O6S2. The maximum atomic E-state index is 13.2. The van der Waals surface area contributed by atoms with Gasteiger partial charge < -0.3 is 4.74 Å². The Morgan fingerprint density at radius 2 is 1.56 bits per heavy atom. The Balaban J connectivity index is 1.38. The Labute approximate surface area is 247 Å². The molecule has 43 heavy (non-hydrogen) atoms. The molecule has 4 aromatic rings. The van der Waals surface area contributed by atoms with Crippen LogP contribution in [-0.2, 0) is 16.2 Å². The van der Waals surface area contributed by atoms with Gasteiger partial charge in [-0.15, -0.1) is 11.8 Å². The van der Waals surface area contributed by atoms with Gasteiger partial charge in [-0.1, -0.05) is 36.4 Å². The molecule has 0 saturated carbocycles. The average Bonchev–Trinajstić information content (AvgIpc) is 2.97. The second-order valence-electron chi connectivity index (χ2n) is 8.95. The second-order valence-corrected chi connectivity index (χ2v) is 11.8. The molecule has 0 heterocycles. The molecule has 1 amide bonds. The van der Waals surface area contributed by atoms with E-state index in [0.717, 1.165) is 36.0 Å². The highest BCUT2D eigenvalue weighted by Crippen LogP contribution is 2.37. The molecule has 0 bridgehead atoms. The van der Waals surface area contributed by atoms with Gasteiger partial charge in [0.1, 0.15) is 5.82 Å². The zero-order chi connectivity index (χ0) is 31.2. The molecule has 0 aliphatic heterocycles. The lowest BCUT2D eigenvalue weighted by Crippen LogP contribution is -2.30. The largest absolute Gasteiger partial charge is 0.487 e. The number of ether oxygens (including phenoxy) is 1. The number of hydrogen-bond donors (Lipinski definition) is 1. The van der Waals surface area contributed by atoms with Gasteiger partial charge in [0.15, 0.2) is 5.75 Å². The quantitative estimate of drug-likeness (QED) is 0.0615. The van der Waals surface area contributed by atoms with Crippen molar-refractivity contribution >= 4 is 33.4 Å². The molecule has 0 atom stereocenters. The first kappa shape index (κ1) is 31.5. The summed E-state index contributed by atoms with van der Waals surface area (Å²) in [5.41, 5.74) is -0.0902. The van der Waals surface area contributed by atoms with Gasteiger partial charge in [-0.3, -0.25) is 14.9 Å². The molecule has 14 heteroatoms. The minimum atomic E-state index is -4.52. The highest BCUT2D eigenvalue weighted by Gasteiger charge is 2.33. The van der Waals surface area contributed by atoms with E-state index >= 15 is 0 Å². The van der Waals surface area contributed by atoms with Crippen LogP contribution in [-0.4, -0.2) is 31.6 Å². The standard InChI is InChI=1S/C29H22F4N2O6S2/c30-22-12-10-20(11-13-22)19-6-8-21(9-7-19)28(36)34-43(39,40)23-14-15-26(25(18-23)35(37)38)41-16-3-17-42-27-5-2-1-4-24(27)29(31,32)33/h1-2,4-15,18H,3,16-17H2,(H,34,36). The molecule has 0 aliphatic carbocycles. The summed E-state index contributed by atoms with van der Waals surface area (Å²) in [6.45, 7) is -0.0845. The van der Waals surface area contributed by atoms with Crippen LogP contribution in [0.15, 0.2) is 101 Å². The Morgan fingerprint density at radius 1 is 0.930 bits per heavy atom. The zero-order valence-corrected chi connectivity index (χ0v) is 23.6. The molecule has 0 spiro atoms. The number of carbonyl (C=O) groups excluding carboxylic acids is 1. The summed E-state index contributed by atoms with van der Waals surface area (Å²) in [6, 6.07) is 19.5. The topological polar surface area (TPSA) is 116 Å². The third-order valence-electron chi connectivity index (χ3n) is 5.99. The van der Waals surface area contributed by atoms with E-state index in [9.17, 15) is 40.9 Å². The molecule has 4 aromatic carbocycles. The van der Waals surface area contributed by atoms with Gasteiger partial charge in [0, 0.05) is 22.3 Å². The van der Waals surface area contributed by atoms with Gasteiger partial charge in [0.2, 0.25) is 0 Å². The van der Waals surface area contributed by atoms with Gasteiger partial charge in [0.05, 0.1) is 22.0 Å². The van der Waals surface area contributed by atoms with E-state index in [1.165, 1.54) is 42.5 Å². The first-order chi connectivity index (χ1) is 20.3. The first-order valence-corrected chi connectivity index (χ1v) is 15.0. The maximum absolute atomic E-state index is 13.2. The number of alkyl halides is 3. The first-order valence-electron chi connectivity index (χ1n) is 12.5. The third-order valence-corrected chi connectivity index (χ3v) is 8.47. The highest BCUT2D eigenvalue weighted by atomic mass is 32.2. The molecule has 224 valence electrons. The second kappa shape index (κ2) is 13.3. The van der Waals surface area contributed by atoms with Crippen LogP contribution in [0.1, 0.15) is 22.3 Å². The third kappa shape index (κ3) is 8.11. The lowest BCUT2D eigenvalue weighted by Gasteiger charge is -2.12. The van der Waals surface area contributed by atoms with Crippen LogP contribution in [0.25, 0.3) is 11.1 Å². The fraction of sp³-hybridized carbons (Fsp3) is 0.138. The van der Waals surface area contributed by atoms with Crippen LogP contribution >= 0.6 is 11.8 Å². The fourth-order valence-corrected chi connectivity index (χ4v) is 5.87. The number of hydrogen-bond acceptors (Lipinski definition) is 7. The normalized spacial score (nSPS) is 11.6. The SMILES string of the molecule is O=C(NS(=O)(=O)c1ccc(OCCCSc2ccccc2C(F)(F)F)c([N+](=O)[O-])c1)c1ccc(-c2ccc(F)cc2)cc1. The Hall–Kier alpha value is -4.43. The van der Waals surface area contributed by atoms with Gasteiger partial charge in [-0.05, 0) is 66.1 Å². The fourth-order valence-electron chi connectivity index (χ4n) is 3.88. The summed E-state index contributed by atoms with van der Waals surface area (Å²) in [4.78, 5) is 22.9. The van der Waals surface area contributed by atoms with Crippen LogP contribution in [0, 0.1) is 15.9 Å². The van der Waals surface area contributed by atoms with Crippen LogP contribution in [0.2, 0.25) is 0 Å². The number of nitro benzene ring substituents is 1. The highest BCUT2D eigenvalue weighted by molar-refractivity contribution is 7.99. The monoisotopic (exact) mass is 634 g/mol. The maximum Gasteiger partial charge on any atom is 0.417 e. The van der Waals surface area contributed by atoms with Gasteiger partial charge in [-0.25, -0.2) is 17.5 Å². The number of halogens is 4. The van der Waals surface area contributed by atoms with Crippen LogP contribution in [0.3, 0.4) is 0 Å². The molecule has 1 N–H and O–H groups in total. The summed E-state index contributed by atoms with van der Waals surface area (Å²) >= 11 is 0.962. The van der Waals surface area contributed by atoms with E-state index in [2.05, 4.69) is 0 Å². The summed E-state index contributed by atoms with van der Waals surface area (Å²) in [5, 5.41) is 11.6. The molecule has 4 rings (SSSR count). The lowest BCUT2D eigenvalue weighted by molar-refractivity contribution is -0.386. The van der Waals surface area contributed by atoms with Gasteiger partial charge in [0.25, 0.3) is 15.9 Å². The van der Waals surface area contributed by atoms with Gasteiger partial charge in [-0.2, -0.15) is 13.2 Å². The van der Waals surface area contributed by atoms with Crippen molar-refractivity contribution in [2.45, 2.75) is 22.4 Å². The van der Waals surface area contributed by atoms with E-state index in [0.29, 0.717) is 11.1 Å². The number of amides is 1. The molecule has 0 radical (unpaired) electrons. The summed E-state index contributed by atoms with van der Waals surface area (Å²) in [7, 11) is -4.52. The number of benzene rings is 4. The molecule has 8 nitrogen and oxygen atoms in total. The summed E-state index contributed by atoms with van der Waals surface area (Å²) in [5.74, 6) is -1.40. The minimum absolute atomic E-state index is 0.000355. The van der Waals surface area contributed by atoms with E-state index in [4.69, 9.17) is 4.74 Å². The molecule has 0 aromatic heterocycles. The number of thioether (sulfide) groups is 1. The van der Waals surface area contributed by atoms with E-state index in [-0.39, 0.29) is 35.0 Å². The van der Waals surface area contributed by atoms with E-state index < -0.39 is 49.0 Å². The van der Waals surface area contributed by atoms with Crippen molar-refractivity contribution in [2.75, 3.05) is 12.4 Å². The molecule has 0 fully saturated rings. The number of rotatable bonds is 11. The van der Waals surface area contributed by atoms with Crippen molar-refractivity contribution < 1.29 is 40.4 Å². The van der Waals surface area contributed by atoms with Crippen LogP contribution in [0.4, 0.5) is 23.2 Å². The summed E-state index contributed by atoms with van der Waals surface area (Å²) in [6.07, 6.45) is -4.26. The predicted molar refractivity (Wildman–Crippen MR) is 152 cm³/mol. The molecule has 0 unspecified atom stereocenters. The number of sulfonamides is 1. The molecule has 0 aliphatic rings. The van der Waals surface area contributed by atoms with Crippen molar-refractivity contribution in [3.63, 3.8) is 0 Å². The number of nitrogens with one attached hydrogen (secondary N) is 1. The Kier molecular flexibility index (Phi) is 9.71. The van der Waals surface area contributed by atoms with Crippen LogP contribution in [0.5, 0.6) is 5.75 Å². The smallest absolute Gasteiger partial charge is 0.417 e. The number of nitrogens with zero attached hydrogens (tertiary/aromatic N) is 1. The van der Waals surface area contributed by atoms with Crippen molar-refractivity contribution in [1.82, 2.24) is 4.72 Å². The van der Waals surface area contributed by atoms with Crippen molar-refractivity contribution in [3.05, 3.63) is 118 Å². The minimum Gasteiger partial charge on any atom is -0.487 e. The zero-order valence-electron chi connectivity index (χ0n) is 22.0. The van der Waals surface area contributed by atoms with E-state index in [1.54, 1.807) is 24.3 Å². The van der Waals surface area contributed by atoms with Crippen molar-refractivity contribution in [3.8, 4) is 16.9 Å². The number of nitro groups is 1. The Bertz CT molecular complexity index is 1730. The Morgan fingerprint density at radius 3 is 2.19 bits per heavy atom. The van der Waals surface area contributed by atoms with Gasteiger partial charge >= 0.3 is 11.9 Å². The number of carbonyl (C=O) groups is 1. The van der Waals surface area contributed by atoms with Crippen molar-refractivity contribution in [2.24, 2.45) is 0 Å². The lowest BCUT2D eigenvalue weighted by atomic mass is 10.0. The summed E-state index contributed by atoms with van der Waals surface area (Å²) < 4.78 is 85.6. The molecule has 0 saturated heterocycles. The van der Waals surface area contributed by atoms with E-state index in [1.807, 2.05) is 4.72 Å². The molecular weight excluding hydrogens is 612 g/mol.